The number of rotatable bonds is 3. The zero-order valence-electron chi connectivity index (χ0n) is 7.90. The Morgan fingerprint density at radius 3 is 1.80 bits per heavy atom. The minimum absolute atomic E-state index is 0. The molecule has 0 amide bonds. The van der Waals surface area contributed by atoms with Crippen molar-refractivity contribution in [1.82, 2.24) is 5.12 Å². The van der Waals surface area contributed by atoms with Gasteiger partial charge in [0.25, 0.3) is 0 Å². The zero-order valence-corrected chi connectivity index (χ0v) is 10.2. The third-order valence-electron chi connectivity index (χ3n) is 2.43. The molecule has 1 rings (SSSR count). The minimum atomic E-state index is -1.43. The average Bonchev–Trinajstić information content (AvgIpc) is 2.02. The normalized spacial score (nSPS) is 18.7. The quantitative estimate of drug-likeness (QED) is 0.414. The van der Waals surface area contributed by atoms with Gasteiger partial charge in [0.1, 0.15) is 0 Å². The molecule has 1 aliphatic rings. The first kappa shape index (κ1) is 14.2. The van der Waals surface area contributed by atoms with Gasteiger partial charge >= 0.3 is 21.1 Å². The number of hydrogen-bond acceptors (Lipinski definition) is 5. The maximum Gasteiger partial charge on any atom is 2.00 e. The molecule has 0 heterocycles. The monoisotopic (exact) mass is 399 g/mol. The molecule has 0 saturated heterocycles. The molecule has 0 atom stereocenters. The molecule has 9 heteroatoms. The van der Waals surface area contributed by atoms with Gasteiger partial charge in [-0.2, -0.15) is 0 Å². The summed E-state index contributed by atoms with van der Waals surface area (Å²) in [5.41, 5.74) is 4.22. The number of nitrogens with two attached hydrogens (primary N) is 1. The minimum Gasteiger partial charge on any atom is -0.298 e. The van der Waals surface area contributed by atoms with Crippen molar-refractivity contribution in [2.75, 3.05) is 0 Å². The molecule has 1 saturated carbocycles. The van der Waals surface area contributed by atoms with Crippen LogP contribution in [-0.2, 0) is 21.1 Å². The molecule has 0 spiro atoms. The maximum absolute atomic E-state index is 10.5. The van der Waals surface area contributed by atoms with E-state index < -0.39 is 15.7 Å². The van der Waals surface area contributed by atoms with E-state index in [-0.39, 0.29) is 39.0 Å². The fourth-order valence-electron chi connectivity index (χ4n) is 1.75. The van der Waals surface area contributed by atoms with E-state index >= 15 is 0 Å². The van der Waals surface area contributed by atoms with Gasteiger partial charge < -0.3 is 0 Å². The summed E-state index contributed by atoms with van der Waals surface area (Å²) in [6.07, 6.45) is 2.87. The molecular formula is C6H12N4O4Pt+2. The molecule has 8 nitrogen and oxygen atoms in total. The summed E-state index contributed by atoms with van der Waals surface area (Å²) in [6.45, 7) is 0. The third-order valence-corrected chi connectivity index (χ3v) is 2.43. The largest absolute Gasteiger partial charge is 2.00 e. The second-order valence-electron chi connectivity index (χ2n) is 3.43. The van der Waals surface area contributed by atoms with E-state index in [9.17, 15) is 20.2 Å². The van der Waals surface area contributed by atoms with Crippen molar-refractivity contribution in [3.8, 4) is 0 Å². The van der Waals surface area contributed by atoms with Crippen molar-refractivity contribution in [2.24, 2.45) is 5.73 Å². The fourth-order valence-corrected chi connectivity index (χ4v) is 1.75. The molecule has 0 aromatic carbocycles. The third kappa shape index (κ3) is 3.10. The van der Waals surface area contributed by atoms with E-state index in [0.717, 1.165) is 6.42 Å². The zero-order chi connectivity index (χ0) is 10.8. The fraction of sp³-hybridized carbons (Fsp3) is 1.00. The molecule has 0 radical (unpaired) electrons. The Bertz CT molecular complexity index is 242. The first-order valence-electron chi connectivity index (χ1n) is 4.35. The molecule has 0 aromatic heterocycles. The van der Waals surface area contributed by atoms with Gasteiger partial charge in [-0.05, 0) is 25.7 Å². The number of hydrogen-bond donors (Lipinski definition) is 1. The maximum atomic E-state index is 10.5. The Balaban J connectivity index is 0.00000196. The van der Waals surface area contributed by atoms with Gasteiger partial charge in [0.05, 0.1) is 0 Å². The van der Waals surface area contributed by atoms with Crippen LogP contribution in [0.25, 0.3) is 0 Å². The van der Waals surface area contributed by atoms with E-state index in [2.05, 4.69) is 0 Å². The molecule has 2 N–H and O–H groups in total. The van der Waals surface area contributed by atoms with E-state index in [4.69, 9.17) is 5.73 Å². The van der Waals surface area contributed by atoms with Crippen LogP contribution in [0.2, 0.25) is 0 Å². The van der Waals surface area contributed by atoms with Crippen LogP contribution < -0.4 is 5.73 Å². The summed E-state index contributed by atoms with van der Waals surface area (Å²) < 4.78 is 0. The van der Waals surface area contributed by atoms with Crippen LogP contribution in [-0.4, -0.2) is 20.8 Å². The van der Waals surface area contributed by atoms with Gasteiger partial charge in [0, 0.05) is 0 Å². The molecule has 0 aliphatic heterocycles. The van der Waals surface area contributed by atoms with Crippen LogP contribution in [0, 0.1) is 20.2 Å². The van der Waals surface area contributed by atoms with Crippen LogP contribution in [0.15, 0.2) is 0 Å². The standard InChI is InChI=1S/C6H12N4O4.Pt/c7-6(4-2-1-3-5-6)8(9(11)12)10(13)14;/h1-5,7H2;/q;+2. The SMILES string of the molecule is NC1(N([N+](=O)[O-])[N+](=O)[O-])CCCCC1.[Pt+2]. The van der Waals surface area contributed by atoms with E-state index in [1.807, 2.05) is 0 Å². The first-order valence-corrected chi connectivity index (χ1v) is 4.35. The summed E-state index contributed by atoms with van der Waals surface area (Å²) >= 11 is 0. The molecule has 1 aliphatic carbocycles. The average molecular weight is 399 g/mol. The van der Waals surface area contributed by atoms with Gasteiger partial charge in [-0.25, -0.2) is 20.2 Å². The summed E-state index contributed by atoms with van der Waals surface area (Å²) in [4.78, 5) is 20.9. The second-order valence-corrected chi connectivity index (χ2v) is 3.43. The van der Waals surface area contributed by atoms with E-state index in [1.54, 1.807) is 0 Å². The van der Waals surface area contributed by atoms with Crippen molar-refractivity contribution >= 4 is 0 Å². The van der Waals surface area contributed by atoms with Crippen molar-refractivity contribution < 1.29 is 31.1 Å². The Morgan fingerprint density at radius 2 is 1.47 bits per heavy atom. The van der Waals surface area contributed by atoms with Crippen LogP contribution in [0.5, 0.6) is 0 Å². The van der Waals surface area contributed by atoms with Gasteiger partial charge in [0.2, 0.25) is 15.7 Å². The number of nitro groups is 2. The second kappa shape index (κ2) is 5.36. The number of hydrazine groups is 2. The summed E-state index contributed by atoms with van der Waals surface area (Å²) in [5, 5.41) is 18.7. The van der Waals surface area contributed by atoms with Crippen molar-refractivity contribution in [3.05, 3.63) is 20.2 Å². The summed E-state index contributed by atoms with van der Waals surface area (Å²) in [6, 6.07) is 0. The smallest absolute Gasteiger partial charge is 0.298 e. The van der Waals surface area contributed by atoms with Gasteiger partial charge in [-0.3, -0.25) is 5.73 Å². The molecular weight excluding hydrogens is 387 g/mol. The molecule has 0 bridgehead atoms. The van der Waals surface area contributed by atoms with E-state index in [0.29, 0.717) is 12.8 Å². The van der Waals surface area contributed by atoms with Crippen molar-refractivity contribution in [2.45, 2.75) is 37.8 Å². The van der Waals surface area contributed by atoms with Gasteiger partial charge in [-0.15, -0.1) is 0 Å². The van der Waals surface area contributed by atoms with Crippen LogP contribution in [0.1, 0.15) is 32.1 Å². The Kier molecular flexibility index (Phi) is 5.10. The molecule has 0 unspecified atom stereocenters. The van der Waals surface area contributed by atoms with Crippen LogP contribution >= 0.6 is 0 Å². The topological polar surface area (TPSA) is 116 Å². The Morgan fingerprint density at radius 1 is 1.07 bits per heavy atom. The molecule has 0 aromatic rings. The number of nitrogens with zero attached hydrogens (tertiary/aromatic N) is 3. The Hall–Kier alpha value is -0.752. The molecule has 88 valence electrons. The predicted octanol–water partition coefficient (Wildman–Crippen LogP) is 0.288. The van der Waals surface area contributed by atoms with Crippen molar-refractivity contribution in [3.63, 3.8) is 0 Å². The summed E-state index contributed by atoms with van der Waals surface area (Å²) in [5.74, 6) is 0. The van der Waals surface area contributed by atoms with Crippen molar-refractivity contribution in [1.29, 1.82) is 0 Å². The predicted molar refractivity (Wildman–Crippen MR) is 45.8 cm³/mol. The first-order chi connectivity index (χ1) is 6.47. The molecule has 15 heavy (non-hydrogen) atoms. The van der Waals surface area contributed by atoms with Gasteiger partial charge in [0.15, 0.2) is 5.12 Å². The van der Waals surface area contributed by atoms with Gasteiger partial charge in [-0.1, -0.05) is 6.42 Å². The summed E-state index contributed by atoms with van der Waals surface area (Å²) in [7, 11) is 0. The Labute approximate surface area is 100 Å². The van der Waals surface area contributed by atoms with E-state index in [1.165, 1.54) is 0 Å². The van der Waals surface area contributed by atoms with Crippen LogP contribution in [0.4, 0.5) is 0 Å². The molecule has 1 fully saturated rings. The van der Waals surface area contributed by atoms with Crippen LogP contribution in [0.3, 0.4) is 0 Å².